The zero-order chi connectivity index (χ0) is 30.3. The summed E-state index contributed by atoms with van der Waals surface area (Å²) in [6.07, 6.45) is 5.34. The summed E-state index contributed by atoms with van der Waals surface area (Å²) in [6, 6.07) is 2.48. The molecule has 1 amide bonds. The first-order valence-corrected chi connectivity index (χ1v) is 18.5. The standard InChI is InChI=1S/C29H48N4O6SSi/c1-8-11-23(24-16-22(17-25(34)39-24)36-18-21-12-13-21)31-27(35)29(30)19-40-26(32-29)20(2)33-37-14-9-10-15-38-41(6,7)28(3,4)5/h16-17,21,23H,8-15,18-19,30H2,1-7H3,(H,31,35)/b33-20+/t23-,29+/m1/s1. The van der Waals surface area contributed by atoms with Gasteiger partial charge >= 0.3 is 5.63 Å². The number of hydrogen-bond acceptors (Lipinski definition) is 10. The molecule has 2 atom stereocenters. The Kier molecular flexibility index (Phi) is 11.7. The molecule has 0 saturated heterocycles. The number of unbranched alkanes of at least 4 members (excludes halogenated alkanes) is 1. The van der Waals surface area contributed by atoms with Crippen LogP contribution in [0, 0.1) is 5.92 Å². The minimum Gasteiger partial charge on any atom is -0.493 e. The zero-order valence-electron chi connectivity index (χ0n) is 25.7. The van der Waals surface area contributed by atoms with E-state index in [-0.39, 0.29) is 10.8 Å². The Morgan fingerprint density at radius 1 is 1.29 bits per heavy atom. The third-order valence-electron chi connectivity index (χ3n) is 7.71. The van der Waals surface area contributed by atoms with Gasteiger partial charge in [0, 0.05) is 18.4 Å². The van der Waals surface area contributed by atoms with Crippen LogP contribution in [0.1, 0.15) is 84.9 Å². The van der Waals surface area contributed by atoms with Crippen LogP contribution >= 0.6 is 11.8 Å². The lowest BCUT2D eigenvalue weighted by molar-refractivity contribution is -0.126. The quantitative estimate of drug-likeness (QED) is 0.110. The Balaban J connectivity index is 1.53. The van der Waals surface area contributed by atoms with Gasteiger partial charge in [0.05, 0.1) is 18.7 Å². The van der Waals surface area contributed by atoms with E-state index in [0.29, 0.717) is 47.8 Å². The molecule has 0 spiro atoms. The lowest BCUT2D eigenvalue weighted by atomic mass is 10.1. The second kappa shape index (κ2) is 14.3. The first kappa shape index (κ1) is 33.4. The fourth-order valence-corrected chi connectivity index (χ4v) is 5.92. The van der Waals surface area contributed by atoms with Crippen molar-refractivity contribution < 1.29 is 23.2 Å². The van der Waals surface area contributed by atoms with E-state index in [2.05, 4.69) is 49.3 Å². The predicted molar refractivity (Wildman–Crippen MR) is 167 cm³/mol. The Bertz CT molecular complexity index is 1160. The number of ether oxygens (including phenoxy) is 1. The maximum Gasteiger partial charge on any atom is 0.339 e. The number of amides is 1. The first-order chi connectivity index (χ1) is 19.2. The first-order valence-electron chi connectivity index (χ1n) is 14.7. The van der Waals surface area contributed by atoms with E-state index in [1.807, 2.05) is 6.92 Å². The number of thioether (sulfide) groups is 1. The van der Waals surface area contributed by atoms with Crippen LogP contribution in [0.25, 0.3) is 0 Å². The number of carbonyl (C=O) groups excluding carboxylic acids is 1. The molecule has 0 radical (unpaired) electrons. The fraction of sp³-hybridized carbons (Fsp3) is 0.724. The zero-order valence-corrected chi connectivity index (χ0v) is 27.5. The van der Waals surface area contributed by atoms with E-state index < -0.39 is 31.6 Å². The summed E-state index contributed by atoms with van der Waals surface area (Å²) in [5.74, 6) is 1.16. The summed E-state index contributed by atoms with van der Waals surface area (Å²) in [5, 5.41) is 7.90. The molecule has 0 aromatic carbocycles. The summed E-state index contributed by atoms with van der Waals surface area (Å²) in [6.45, 7) is 16.7. The molecule has 1 aromatic heterocycles. The van der Waals surface area contributed by atoms with Crippen LogP contribution in [0.2, 0.25) is 18.1 Å². The number of nitrogens with two attached hydrogens (primary N) is 1. The van der Waals surface area contributed by atoms with Crippen molar-refractivity contribution in [1.82, 2.24) is 5.32 Å². The maximum atomic E-state index is 13.3. The van der Waals surface area contributed by atoms with E-state index >= 15 is 0 Å². The smallest absolute Gasteiger partial charge is 0.339 e. The number of carbonyl (C=O) groups is 1. The molecule has 12 heteroatoms. The largest absolute Gasteiger partial charge is 0.493 e. The summed E-state index contributed by atoms with van der Waals surface area (Å²) >= 11 is 1.36. The van der Waals surface area contributed by atoms with Crippen LogP contribution in [0.4, 0.5) is 0 Å². The normalized spacial score (nSPS) is 20.5. The van der Waals surface area contributed by atoms with Crippen molar-refractivity contribution in [2.24, 2.45) is 21.8 Å². The molecule has 230 valence electrons. The van der Waals surface area contributed by atoms with Crippen molar-refractivity contribution in [1.29, 1.82) is 0 Å². The summed E-state index contributed by atoms with van der Waals surface area (Å²) in [5.41, 5.74) is 5.02. The van der Waals surface area contributed by atoms with Crippen molar-refractivity contribution in [3.63, 3.8) is 0 Å². The predicted octanol–water partition coefficient (Wildman–Crippen LogP) is 5.38. The topological polar surface area (TPSA) is 138 Å². The van der Waals surface area contributed by atoms with Gasteiger partial charge < -0.3 is 23.7 Å². The van der Waals surface area contributed by atoms with Crippen LogP contribution < -0.4 is 21.4 Å². The second-order valence-electron chi connectivity index (χ2n) is 12.5. The van der Waals surface area contributed by atoms with Crippen molar-refractivity contribution in [3.8, 4) is 5.75 Å². The number of oxime groups is 1. The molecule has 1 saturated carbocycles. The van der Waals surface area contributed by atoms with Gasteiger partial charge in [0.1, 0.15) is 28.9 Å². The Morgan fingerprint density at radius 2 is 2.00 bits per heavy atom. The van der Waals surface area contributed by atoms with Gasteiger partial charge in [-0.1, -0.05) is 39.3 Å². The molecule has 0 bridgehead atoms. The van der Waals surface area contributed by atoms with E-state index in [0.717, 1.165) is 38.7 Å². The lowest BCUT2D eigenvalue weighted by Crippen LogP contribution is -2.54. The Labute approximate surface area is 249 Å². The van der Waals surface area contributed by atoms with Crippen LogP contribution in [0.15, 0.2) is 31.5 Å². The van der Waals surface area contributed by atoms with Gasteiger partial charge in [-0.3, -0.25) is 10.5 Å². The molecule has 1 aliphatic carbocycles. The molecule has 2 heterocycles. The molecule has 41 heavy (non-hydrogen) atoms. The highest BCUT2D eigenvalue weighted by atomic mass is 32.2. The monoisotopic (exact) mass is 608 g/mol. The molecule has 3 N–H and O–H groups in total. The van der Waals surface area contributed by atoms with Crippen LogP contribution in [-0.2, 0) is 14.1 Å². The highest BCUT2D eigenvalue weighted by molar-refractivity contribution is 8.16. The van der Waals surface area contributed by atoms with Gasteiger partial charge in [-0.25, -0.2) is 9.79 Å². The second-order valence-corrected chi connectivity index (χ2v) is 18.3. The van der Waals surface area contributed by atoms with Crippen LogP contribution in [0.3, 0.4) is 0 Å². The Hall–Kier alpha value is -2.15. The molecular formula is C29H48N4O6SSi. The van der Waals surface area contributed by atoms with E-state index in [1.165, 1.54) is 17.8 Å². The Morgan fingerprint density at radius 3 is 2.66 bits per heavy atom. The molecule has 1 aromatic rings. The van der Waals surface area contributed by atoms with Crippen LogP contribution in [0.5, 0.6) is 5.75 Å². The van der Waals surface area contributed by atoms with Gasteiger partial charge in [0.15, 0.2) is 14.0 Å². The molecule has 1 fully saturated rings. The fourth-order valence-electron chi connectivity index (χ4n) is 3.80. The van der Waals surface area contributed by atoms with Gasteiger partial charge in [0.25, 0.3) is 5.91 Å². The van der Waals surface area contributed by atoms with Gasteiger partial charge in [-0.05, 0) is 63.1 Å². The van der Waals surface area contributed by atoms with Gasteiger partial charge in [-0.2, -0.15) is 0 Å². The molecule has 10 nitrogen and oxygen atoms in total. The summed E-state index contributed by atoms with van der Waals surface area (Å²) in [7, 11) is -1.73. The van der Waals surface area contributed by atoms with Gasteiger partial charge in [0.2, 0.25) is 0 Å². The summed E-state index contributed by atoms with van der Waals surface area (Å²) in [4.78, 5) is 35.5. The van der Waals surface area contributed by atoms with E-state index in [9.17, 15) is 9.59 Å². The highest BCUT2D eigenvalue weighted by Gasteiger charge is 2.41. The molecule has 1 aliphatic heterocycles. The SMILES string of the molecule is CCC[C@@H](NC(=O)[C@]1(N)CSC(/C(C)=N/OCCCCO[Si](C)(C)C(C)(C)C)=N1)c1cc(OCC2CC2)cc(=O)o1. The lowest BCUT2D eigenvalue weighted by Gasteiger charge is -2.36. The molecule has 0 unspecified atom stereocenters. The maximum absolute atomic E-state index is 13.3. The highest BCUT2D eigenvalue weighted by Crippen LogP contribution is 2.36. The molecule has 2 aliphatic rings. The van der Waals surface area contributed by atoms with E-state index in [1.54, 1.807) is 13.0 Å². The molecular weight excluding hydrogens is 560 g/mol. The third-order valence-corrected chi connectivity index (χ3v) is 13.5. The average Bonchev–Trinajstić information content (AvgIpc) is 3.64. The average molecular weight is 609 g/mol. The third kappa shape index (κ3) is 9.97. The van der Waals surface area contributed by atoms with Crippen molar-refractivity contribution >= 4 is 36.7 Å². The number of aliphatic imine (C=N–C) groups is 1. The molecule has 3 rings (SSSR count). The number of nitrogens with zero attached hydrogens (tertiary/aromatic N) is 2. The minimum atomic E-state index is -1.73. The number of hydrogen-bond donors (Lipinski definition) is 2. The van der Waals surface area contributed by atoms with Crippen LogP contribution in [-0.4, -0.2) is 56.2 Å². The van der Waals surface area contributed by atoms with Crippen molar-refractivity contribution in [3.05, 3.63) is 28.3 Å². The van der Waals surface area contributed by atoms with E-state index in [4.69, 9.17) is 24.2 Å². The number of nitrogens with one attached hydrogen (secondary N) is 1. The summed E-state index contributed by atoms with van der Waals surface area (Å²) < 4.78 is 17.4. The van der Waals surface area contributed by atoms with Crippen molar-refractivity contribution in [2.45, 2.75) is 103 Å². The van der Waals surface area contributed by atoms with Gasteiger partial charge in [-0.15, -0.1) is 11.8 Å². The minimum absolute atomic E-state index is 0.196. The van der Waals surface area contributed by atoms with Crippen molar-refractivity contribution in [2.75, 3.05) is 25.6 Å². The number of rotatable bonds is 16.